The number of hydrogen-bond acceptors (Lipinski definition) is 4. The summed E-state index contributed by atoms with van der Waals surface area (Å²) in [6.45, 7) is 0. The lowest BCUT2D eigenvalue weighted by Crippen LogP contribution is -2.01. The number of nitrogens with zero attached hydrogens (tertiary/aromatic N) is 2. The van der Waals surface area contributed by atoms with E-state index in [9.17, 15) is 0 Å². The van der Waals surface area contributed by atoms with E-state index in [2.05, 4.69) is 59.1 Å². The number of rotatable bonds is 3. The zero-order valence-electron chi connectivity index (χ0n) is 9.34. The van der Waals surface area contributed by atoms with Crippen molar-refractivity contribution in [3.63, 3.8) is 0 Å². The first-order chi connectivity index (χ1) is 8.60. The summed E-state index contributed by atoms with van der Waals surface area (Å²) in [5.74, 6) is 1.21. The van der Waals surface area contributed by atoms with Gasteiger partial charge in [0.05, 0.1) is 15.2 Å². The number of halogens is 3. The molecule has 0 aliphatic carbocycles. The maximum atomic E-state index is 6.13. The highest BCUT2D eigenvalue weighted by Crippen LogP contribution is 2.29. The molecule has 18 heavy (non-hydrogen) atoms. The van der Waals surface area contributed by atoms with Crippen LogP contribution in [-0.2, 0) is 0 Å². The van der Waals surface area contributed by atoms with Gasteiger partial charge in [-0.15, -0.1) is 0 Å². The van der Waals surface area contributed by atoms with E-state index >= 15 is 0 Å². The van der Waals surface area contributed by atoms with Gasteiger partial charge in [0.2, 0.25) is 5.95 Å². The summed E-state index contributed by atoms with van der Waals surface area (Å²) in [7, 11) is 1.77. The molecule has 0 aliphatic rings. The Hall–Kier alpha value is -0.600. The van der Waals surface area contributed by atoms with Crippen molar-refractivity contribution in [2.45, 2.75) is 0 Å². The fourth-order valence-corrected chi connectivity index (χ4v) is 2.24. The Morgan fingerprint density at radius 2 is 2.17 bits per heavy atom. The summed E-state index contributed by atoms with van der Waals surface area (Å²) >= 11 is 11.8. The summed E-state index contributed by atoms with van der Waals surface area (Å²) in [5, 5.41) is 6.72. The van der Waals surface area contributed by atoms with Gasteiger partial charge in [-0.25, -0.2) is 4.98 Å². The molecular weight excluding hydrogens is 430 g/mol. The molecule has 4 nitrogen and oxygen atoms in total. The third-order valence-corrected chi connectivity index (χ3v) is 3.73. The molecule has 0 atom stereocenters. The van der Waals surface area contributed by atoms with Crippen LogP contribution in [0.4, 0.5) is 17.5 Å². The third kappa shape index (κ3) is 3.24. The van der Waals surface area contributed by atoms with E-state index in [1.807, 2.05) is 18.2 Å². The molecule has 0 aliphatic heterocycles. The first-order valence-corrected chi connectivity index (χ1v) is 7.27. The third-order valence-electron chi connectivity index (χ3n) is 2.15. The molecule has 0 fully saturated rings. The smallest absolute Gasteiger partial charge is 0.224 e. The van der Waals surface area contributed by atoms with E-state index in [4.69, 9.17) is 11.6 Å². The van der Waals surface area contributed by atoms with Gasteiger partial charge in [-0.05, 0) is 56.7 Å². The van der Waals surface area contributed by atoms with Crippen LogP contribution in [0, 0.1) is 3.57 Å². The van der Waals surface area contributed by atoms with Crippen LogP contribution in [0.25, 0.3) is 0 Å². The Bertz CT molecular complexity index is 579. The minimum atomic E-state index is 0.544. The number of benzene rings is 1. The Morgan fingerprint density at radius 3 is 2.89 bits per heavy atom. The van der Waals surface area contributed by atoms with Gasteiger partial charge in [-0.2, -0.15) is 4.98 Å². The largest absolute Gasteiger partial charge is 0.357 e. The second-order valence-corrected chi connectivity index (χ2v) is 5.90. The van der Waals surface area contributed by atoms with Crippen LogP contribution in [0.3, 0.4) is 0 Å². The van der Waals surface area contributed by atoms with E-state index < -0.39 is 0 Å². The van der Waals surface area contributed by atoms with Crippen molar-refractivity contribution >= 4 is 67.6 Å². The number of nitrogens with one attached hydrogen (secondary N) is 2. The molecule has 0 spiro atoms. The van der Waals surface area contributed by atoms with Gasteiger partial charge in [-0.3, -0.25) is 0 Å². The fraction of sp³-hybridized carbons (Fsp3) is 0.0909. The van der Waals surface area contributed by atoms with Gasteiger partial charge < -0.3 is 10.6 Å². The predicted octanol–water partition coefficient (Wildman–Crippen LogP) is 4.28. The van der Waals surface area contributed by atoms with Gasteiger partial charge >= 0.3 is 0 Å². The minimum Gasteiger partial charge on any atom is -0.357 e. The van der Waals surface area contributed by atoms with Crippen molar-refractivity contribution < 1.29 is 0 Å². The molecule has 1 aromatic heterocycles. The molecule has 0 saturated heterocycles. The van der Waals surface area contributed by atoms with Crippen molar-refractivity contribution in [3.8, 4) is 0 Å². The molecule has 94 valence electrons. The molecular formula is C11H9BrClIN4. The molecule has 0 saturated carbocycles. The summed E-state index contributed by atoms with van der Waals surface area (Å²) < 4.78 is 1.87. The van der Waals surface area contributed by atoms with Crippen LogP contribution in [-0.4, -0.2) is 17.0 Å². The van der Waals surface area contributed by atoms with E-state index in [0.717, 1.165) is 13.7 Å². The Labute approximate surface area is 132 Å². The van der Waals surface area contributed by atoms with Crippen LogP contribution >= 0.6 is 50.1 Å². The summed E-state index contributed by atoms with van der Waals surface area (Å²) in [6, 6.07) is 5.75. The van der Waals surface area contributed by atoms with Crippen molar-refractivity contribution in [1.29, 1.82) is 0 Å². The topological polar surface area (TPSA) is 49.8 Å². The monoisotopic (exact) mass is 438 g/mol. The average molecular weight is 439 g/mol. The van der Waals surface area contributed by atoms with Gasteiger partial charge in [0.1, 0.15) is 5.82 Å². The zero-order valence-corrected chi connectivity index (χ0v) is 13.8. The van der Waals surface area contributed by atoms with Crippen LogP contribution in [0.2, 0.25) is 5.02 Å². The van der Waals surface area contributed by atoms with Gasteiger partial charge in [-0.1, -0.05) is 11.6 Å². The molecule has 1 heterocycles. The molecule has 0 amide bonds. The van der Waals surface area contributed by atoms with E-state index in [1.165, 1.54) is 0 Å². The van der Waals surface area contributed by atoms with Crippen LogP contribution in [0.15, 0.2) is 28.9 Å². The second-order valence-electron chi connectivity index (χ2n) is 3.39. The van der Waals surface area contributed by atoms with Crippen molar-refractivity contribution in [1.82, 2.24) is 9.97 Å². The summed E-state index contributed by atoms with van der Waals surface area (Å²) in [6.07, 6.45) is 1.68. The fourth-order valence-electron chi connectivity index (χ4n) is 1.30. The quantitative estimate of drug-likeness (QED) is 0.701. The minimum absolute atomic E-state index is 0.544. The van der Waals surface area contributed by atoms with Gasteiger partial charge in [0, 0.05) is 16.8 Å². The van der Waals surface area contributed by atoms with Crippen molar-refractivity contribution in [3.05, 3.63) is 37.5 Å². The van der Waals surface area contributed by atoms with E-state index in [-0.39, 0.29) is 0 Å². The summed E-state index contributed by atoms with van der Waals surface area (Å²) in [5.41, 5.74) is 0.810. The molecule has 1 aromatic carbocycles. The molecule has 2 rings (SSSR count). The lowest BCUT2D eigenvalue weighted by molar-refractivity contribution is 1.14. The Kier molecular flexibility index (Phi) is 4.63. The van der Waals surface area contributed by atoms with Gasteiger partial charge in [0.15, 0.2) is 0 Å². The average Bonchev–Trinajstić information content (AvgIpc) is 2.36. The maximum Gasteiger partial charge on any atom is 0.224 e. The lowest BCUT2D eigenvalue weighted by Gasteiger charge is -2.10. The van der Waals surface area contributed by atoms with Crippen LogP contribution in [0.1, 0.15) is 0 Å². The van der Waals surface area contributed by atoms with E-state index in [1.54, 1.807) is 13.2 Å². The first-order valence-electron chi connectivity index (χ1n) is 5.02. The highest BCUT2D eigenvalue weighted by atomic mass is 127. The van der Waals surface area contributed by atoms with Crippen molar-refractivity contribution in [2.75, 3.05) is 17.7 Å². The second kappa shape index (κ2) is 6.03. The van der Waals surface area contributed by atoms with Crippen LogP contribution < -0.4 is 10.6 Å². The summed E-state index contributed by atoms with van der Waals surface area (Å²) in [4.78, 5) is 8.41. The molecule has 0 radical (unpaired) electrons. The lowest BCUT2D eigenvalue weighted by atomic mass is 10.3. The first kappa shape index (κ1) is 13.8. The van der Waals surface area contributed by atoms with E-state index in [0.29, 0.717) is 16.8 Å². The molecule has 0 unspecified atom stereocenters. The number of hydrogen-bond donors (Lipinski definition) is 2. The van der Waals surface area contributed by atoms with Crippen molar-refractivity contribution in [2.24, 2.45) is 0 Å². The Morgan fingerprint density at radius 1 is 1.39 bits per heavy atom. The number of aromatic nitrogens is 2. The van der Waals surface area contributed by atoms with Crippen LogP contribution in [0.5, 0.6) is 0 Å². The molecule has 2 aromatic rings. The molecule has 2 N–H and O–H groups in total. The molecule has 0 bridgehead atoms. The highest BCUT2D eigenvalue weighted by Gasteiger charge is 2.07. The van der Waals surface area contributed by atoms with Gasteiger partial charge in [0.25, 0.3) is 0 Å². The molecule has 7 heteroatoms. The number of anilines is 3. The zero-order chi connectivity index (χ0) is 13.1. The normalized spacial score (nSPS) is 10.2. The standard InChI is InChI=1S/C11H9BrClIN4/c1-15-11-16-5-7(12)10(18-11)17-9-4-6(14)2-3-8(9)13/h2-5H,1H3,(H2,15,16,17,18). The highest BCUT2D eigenvalue weighted by molar-refractivity contribution is 14.1. The maximum absolute atomic E-state index is 6.13. The predicted molar refractivity (Wildman–Crippen MR) is 86.7 cm³/mol. The SMILES string of the molecule is CNc1ncc(Br)c(Nc2cc(I)ccc2Cl)n1. The Balaban J connectivity index is 2.36.